The molecule has 3 aromatic rings. The number of carboxylic acid groups (broad SMARTS) is 2. The van der Waals surface area contributed by atoms with Crippen LogP contribution in [0.4, 0.5) is 0 Å². The molecule has 2 aromatic carbocycles. The molecular formula is C19H15IN2O5. The first-order valence-corrected chi connectivity index (χ1v) is 9.10. The fraction of sp³-hybridized carbons (Fsp3) is 0.105. The topological polar surface area (TPSA) is 119 Å². The van der Waals surface area contributed by atoms with Crippen LogP contribution in [0.5, 0.6) is 0 Å². The van der Waals surface area contributed by atoms with Gasteiger partial charge in [-0.1, -0.05) is 12.1 Å². The standard InChI is InChI=1S/C19H15IN2O5/c20-10-5-6-15-14(9-10)11(16(22-15)19(26)27)7-8-21-17(23)12-3-1-2-4-13(12)18(24)25/h1-6,9,22H,7-8H2,(H,21,23)(H,24,25)(H,26,27). The minimum absolute atomic E-state index is 0.0666. The van der Waals surface area contributed by atoms with Gasteiger partial charge in [0.25, 0.3) is 5.91 Å². The summed E-state index contributed by atoms with van der Waals surface area (Å²) in [6.45, 7) is 0.172. The van der Waals surface area contributed by atoms with E-state index in [0.717, 1.165) is 8.96 Å². The van der Waals surface area contributed by atoms with E-state index in [1.54, 1.807) is 12.1 Å². The van der Waals surface area contributed by atoms with E-state index in [-0.39, 0.29) is 23.4 Å². The summed E-state index contributed by atoms with van der Waals surface area (Å²) < 4.78 is 0.969. The van der Waals surface area contributed by atoms with E-state index in [0.29, 0.717) is 17.5 Å². The van der Waals surface area contributed by atoms with Gasteiger partial charge in [0.05, 0.1) is 11.1 Å². The SMILES string of the molecule is O=C(O)c1ccccc1C(=O)NCCc1c(C(=O)O)[nH]c2ccc(I)cc12. The summed E-state index contributed by atoms with van der Waals surface area (Å²) in [7, 11) is 0. The molecule has 138 valence electrons. The van der Waals surface area contributed by atoms with Crippen LogP contribution in [-0.4, -0.2) is 39.6 Å². The molecule has 1 amide bonds. The third kappa shape index (κ3) is 3.95. The van der Waals surface area contributed by atoms with Crippen molar-refractivity contribution in [2.24, 2.45) is 0 Å². The second kappa shape index (κ2) is 7.78. The summed E-state index contributed by atoms with van der Waals surface area (Å²) in [4.78, 5) is 38.0. The average Bonchev–Trinajstić information content (AvgIpc) is 2.99. The van der Waals surface area contributed by atoms with Gasteiger partial charge >= 0.3 is 11.9 Å². The second-order valence-corrected chi connectivity index (χ2v) is 7.08. The lowest BCUT2D eigenvalue weighted by Gasteiger charge is -2.08. The van der Waals surface area contributed by atoms with Gasteiger partial charge in [-0.05, 0) is 64.9 Å². The number of carbonyl (C=O) groups excluding carboxylic acids is 1. The molecular weight excluding hydrogens is 463 g/mol. The van der Waals surface area contributed by atoms with Crippen molar-refractivity contribution in [3.05, 3.63) is 68.4 Å². The van der Waals surface area contributed by atoms with Gasteiger partial charge in [0, 0.05) is 21.0 Å². The molecule has 0 bridgehead atoms. The Balaban J connectivity index is 1.81. The summed E-state index contributed by atoms with van der Waals surface area (Å²) in [6.07, 6.45) is 0.294. The molecule has 0 saturated heterocycles. The zero-order valence-electron chi connectivity index (χ0n) is 14.0. The molecule has 27 heavy (non-hydrogen) atoms. The number of carbonyl (C=O) groups is 3. The number of nitrogens with one attached hydrogen (secondary N) is 2. The minimum atomic E-state index is -1.18. The molecule has 0 atom stereocenters. The van der Waals surface area contributed by atoms with Crippen molar-refractivity contribution in [1.82, 2.24) is 10.3 Å². The van der Waals surface area contributed by atoms with Crippen LogP contribution in [0.25, 0.3) is 10.9 Å². The molecule has 1 aromatic heterocycles. The van der Waals surface area contributed by atoms with E-state index in [4.69, 9.17) is 0 Å². The Morgan fingerprint density at radius 2 is 1.70 bits per heavy atom. The van der Waals surface area contributed by atoms with Gasteiger partial charge in [-0.3, -0.25) is 4.79 Å². The van der Waals surface area contributed by atoms with Crippen LogP contribution in [0, 0.1) is 3.57 Å². The molecule has 0 spiro atoms. The highest BCUT2D eigenvalue weighted by atomic mass is 127. The second-order valence-electron chi connectivity index (χ2n) is 5.83. The molecule has 3 rings (SSSR count). The lowest BCUT2D eigenvalue weighted by atomic mass is 10.1. The van der Waals surface area contributed by atoms with Crippen LogP contribution in [0.2, 0.25) is 0 Å². The molecule has 4 N–H and O–H groups in total. The Bertz CT molecular complexity index is 1060. The molecule has 0 saturated carbocycles. The summed E-state index contributed by atoms with van der Waals surface area (Å²) in [5, 5.41) is 22.1. The average molecular weight is 478 g/mol. The molecule has 1 heterocycles. The highest BCUT2D eigenvalue weighted by Crippen LogP contribution is 2.25. The Kier molecular flexibility index (Phi) is 5.45. The number of benzene rings is 2. The van der Waals surface area contributed by atoms with Crippen LogP contribution >= 0.6 is 22.6 Å². The van der Waals surface area contributed by atoms with E-state index in [2.05, 4.69) is 32.9 Å². The van der Waals surface area contributed by atoms with E-state index in [1.165, 1.54) is 12.1 Å². The summed E-state index contributed by atoms with van der Waals surface area (Å²) >= 11 is 2.15. The number of fused-ring (bicyclic) bond motifs is 1. The van der Waals surface area contributed by atoms with Crippen molar-refractivity contribution < 1.29 is 24.6 Å². The number of amides is 1. The van der Waals surface area contributed by atoms with Crippen LogP contribution in [0.15, 0.2) is 42.5 Å². The fourth-order valence-electron chi connectivity index (χ4n) is 2.93. The largest absolute Gasteiger partial charge is 0.478 e. The Hall–Kier alpha value is -2.88. The number of aromatic nitrogens is 1. The lowest BCUT2D eigenvalue weighted by Crippen LogP contribution is -2.27. The van der Waals surface area contributed by atoms with Gasteiger partial charge in [-0.15, -0.1) is 0 Å². The quantitative estimate of drug-likeness (QED) is 0.406. The van der Waals surface area contributed by atoms with Crippen molar-refractivity contribution >= 4 is 51.3 Å². The number of H-pyrrole nitrogens is 1. The number of rotatable bonds is 6. The van der Waals surface area contributed by atoms with E-state index < -0.39 is 17.8 Å². The van der Waals surface area contributed by atoms with Gasteiger partial charge in [-0.25, -0.2) is 9.59 Å². The zero-order chi connectivity index (χ0) is 19.6. The normalized spacial score (nSPS) is 10.7. The van der Waals surface area contributed by atoms with Crippen molar-refractivity contribution in [3.63, 3.8) is 0 Å². The number of hydrogen-bond donors (Lipinski definition) is 4. The molecule has 7 nitrogen and oxygen atoms in total. The Morgan fingerprint density at radius 1 is 1.00 bits per heavy atom. The van der Waals surface area contributed by atoms with Crippen LogP contribution in [0.3, 0.4) is 0 Å². The van der Waals surface area contributed by atoms with Crippen molar-refractivity contribution in [2.75, 3.05) is 6.54 Å². The zero-order valence-corrected chi connectivity index (χ0v) is 16.1. The molecule has 0 radical (unpaired) electrons. The van der Waals surface area contributed by atoms with Gasteiger partial charge in [0.1, 0.15) is 5.69 Å². The van der Waals surface area contributed by atoms with E-state index in [9.17, 15) is 24.6 Å². The first kappa shape index (κ1) is 18.9. The van der Waals surface area contributed by atoms with Gasteiger partial charge in [-0.2, -0.15) is 0 Å². The highest BCUT2D eigenvalue weighted by molar-refractivity contribution is 14.1. The first-order valence-electron chi connectivity index (χ1n) is 8.02. The maximum absolute atomic E-state index is 12.3. The molecule has 0 unspecified atom stereocenters. The molecule has 0 aliphatic carbocycles. The van der Waals surface area contributed by atoms with Crippen molar-refractivity contribution in [1.29, 1.82) is 0 Å². The number of hydrogen-bond acceptors (Lipinski definition) is 3. The monoisotopic (exact) mass is 478 g/mol. The number of aromatic carboxylic acids is 2. The Labute approximate surface area is 167 Å². The molecule has 0 aliphatic rings. The minimum Gasteiger partial charge on any atom is -0.478 e. The van der Waals surface area contributed by atoms with E-state index >= 15 is 0 Å². The highest BCUT2D eigenvalue weighted by Gasteiger charge is 2.19. The van der Waals surface area contributed by atoms with E-state index in [1.807, 2.05) is 18.2 Å². The fourth-order valence-corrected chi connectivity index (χ4v) is 3.42. The van der Waals surface area contributed by atoms with Crippen molar-refractivity contribution in [2.45, 2.75) is 6.42 Å². The predicted octanol–water partition coefficient (Wildman–Crippen LogP) is 3.14. The number of aromatic amines is 1. The third-order valence-corrected chi connectivity index (χ3v) is 4.82. The smallest absolute Gasteiger partial charge is 0.352 e. The summed E-state index contributed by atoms with van der Waals surface area (Å²) in [6, 6.07) is 11.5. The van der Waals surface area contributed by atoms with Crippen LogP contribution < -0.4 is 5.32 Å². The number of halogens is 1. The first-order chi connectivity index (χ1) is 12.9. The van der Waals surface area contributed by atoms with Crippen LogP contribution in [-0.2, 0) is 6.42 Å². The Morgan fingerprint density at radius 3 is 2.37 bits per heavy atom. The molecule has 8 heteroatoms. The molecule has 0 fully saturated rings. The maximum Gasteiger partial charge on any atom is 0.352 e. The van der Waals surface area contributed by atoms with Crippen molar-refractivity contribution in [3.8, 4) is 0 Å². The van der Waals surface area contributed by atoms with Gasteiger partial charge in [0.15, 0.2) is 0 Å². The summed E-state index contributed by atoms with van der Waals surface area (Å²) in [5.41, 5.74) is 1.39. The number of carboxylic acids is 2. The van der Waals surface area contributed by atoms with Gasteiger partial charge in [0.2, 0.25) is 0 Å². The third-order valence-electron chi connectivity index (χ3n) is 4.14. The molecule has 0 aliphatic heterocycles. The summed E-state index contributed by atoms with van der Waals surface area (Å²) in [5.74, 6) is -2.77. The predicted molar refractivity (Wildman–Crippen MR) is 107 cm³/mol. The van der Waals surface area contributed by atoms with Gasteiger partial charge < -0.3 is 20.5 Å². The van der Waals surface area contributed by atoms with Crippen LogP contribution in [0.1, 0.15) is 36.8 Å². The maximum atomic E-state index is 12.3. The lowest BCUT2D eigenvalue weighted by molar-refractivity contribution is 0.0680.